The predicted molar refractivity (Wildman–Crippen MR) is 62.4 cm³/mol. The highest BCUT2D eigenvalue weighted by molar-refractivity contribution is 5.38. The number of aromatic nitrogens is 2. The maximum Gasteiger partial charge on any atom is 0.0991 e. The average molecular weight is 211 g/mol. The van der Waals surface area contributed by atoms with E-state index in [9.17, 15) is 0 Å². The van der Waals surface area contributed by atoms with Crippen LogP contribution in [0.25, 0.3) is 5.69 Å². The molecule has 3 nitrogen and oxygen atoms in total. The van der Waals surface area contributed by atoms with E-state index < -0.39 is 0 Å². The lowest BCUT2D eigenvalue weighted by Crippen LogP contribution is -1.97. The molecule has 80 valence electrons. The number of hydrogen-bond acceptors (Lipinski definition) is 2. The molecule has 0 N–H and O–H groups in total. The van der Waals surface area contributed by atoms with Crippen LogP contribution in [-0.4, -0.2) is 9.78 Å². The Hall–Kier alpha value is -2.08. The highest BCUT2D eigenvalue weighted by Crippen LogP contribution is 2.14. The highest BCUT2D eigenvalue weighted by atomic mass is 15.3. The summed E-state index contributed by atoms with van der Waals surface area (Å²) in [6.45, 7) is 4.23. The second-order valence-electron chi connectivity index (χ2n) is 4.00. The topological polar surface area (TPSA) is 41.6 Å². The van der Waals surface area contributed by atoms with Gasteiger partial charge in [0.05, 0.1) is 23.0 Å². The van der Waals surface area contributed by atoms with Gasteiger partial charge in [-0.1, -0.05) is 13.8 Å². The molecule has 0 atom stereocenters. The van der Waals surface area contributed by atoms with Gasteiger partial charge in [-0.25, -0.2) is 4.68 Å². The Morgan fingerprint density at radius 1 is 1.19 bits per heavy atom. The molecule has 2 rings (SSSR count). The summed E-state index contributed by atoms with van der Waals surface area (Å²) in [5.74, 6) is 0.430. The lowest BCUT2D eigenvalue weighted by molar-refractivity contribution is 0.768. The number of nitrogens with zero attached hydrogens (tertiary/aromatic N) is 3. The first-order valence-electron chi connectivity index (χ1n) is 5.27. The molecule has 0 bridgehead atoms. The number of hydrogen-bond donors (Lipinski definition) is 0. The van der Waals surface area contributed by atoms with Crippen molar-refractivity contribution < 1.29 is 0 Å². The van der Waals surface area contributed by atoms with Crippen molar-refractivity contribution in [3.8, 4) is 11.8 Å². The Morgan fingerprint density at radius 3 is 2.38 bits per heavy atom. The monoisotopic (exact) mass is 211 g/mol. The van der Waals surface area contributed by atoms with Gasteiger partial charge in [0.15, 0.2) is 0 Å². The first-order chi connectivity index (χ1) is 7.70. The largest absolute Gasteiger partial charge is 0.241 e. The minimum Gasteiger partial charge on any atom is -0.241 e. The van der Waals surface area contributed by atoms with Crippen molar-refractivity contribution in [2.45, 2.75) is 19.8 Å². The summed E-state index contributed by atoms with van der Waals surface area (Å²) in [4.78, 5) is 0. The zero-order valence-corrected chi connectivity index (χ0v) is 9.38. The fourth-order valence-corrected chi connectivity index (χ4v) is 1.48. The van der Waals surface area contributed by atoms with Crippen LogP contribution in [0.3, 0.4) is 0 Å². The lowest BCUT2D eigenvalue weighted by Gasteiger charge is -2.02. The third-order valence-electron chi connectivity index (χ3n) is 2.46. The van der Waals surface area contributed by atoms with E-state index in [-0.39, 0.29) is 0 Å². The van der Waals surface area contributed by atoms with E-state index in [0.717, 1.165) is 11.4 Å². The Kier molecular flexibility index (Phi) is 2.74. The van der Waals surface area contributed by atoms with Crippen LogP contribution in [0.2, 0.25) is 0 Å². The second kappa shape index (κ2) is 4.19. The van der Waals surface area contributed by atoms with Gasteiger partial charge in [-0.3, -0.25) is 0 Å². The molecule has 16 heavy (non-hydrogen) atoms. The third kappa shape index (κ3) is 1.96. The summed E-state index contributed by atoms with van der Waals surface area (Å²) in [6.07, 6.45) is 1.94. The van der Waals surface area contributed by atoms with E-state index in [1.165, 1.54) is 0 Å². The van der Waals surface area contributed by atoms with Crippen molar-refractivity contribution in [1.29, 1.82) is 5.26 Å². The maximum atomic E-state index is 8.70. The Labute approximate surface area is 94.9 Å². The molecule has 1 aromatic heterocycles. The quantitative estimate of drug-likeness (QED) is 0.766. The number of nitriles is 1. The van der Waals surface area contributed by atoms with Crippen molar-refractivity contribution in [2.24, 2.45) is 0 Å². The predicted octanol–water partition coefficient (Wildman–Crippen LogP) is 2.87. The molecule has 0 spiro atoms. The first kappa shape index (κ1) is 10.4. The molecule has 0 aliphatic carbocycles. The third-order valence-corrected chi connectivity index (χ3v) is 2.46. The van der Waals surface area contributed by atoms with Gasteiger partial charge in [0.25, 0.3) is 0 Å². The molecule has 0 saturated carbocycles. The highest BCUT2D eigenvalue weighted by Gasteiger charge is 2.04. The van der Waals surface area contributed by atoms with E-state index in [0.29, 0.717) is 11.5 Å². The summed E-state index contributed by atoms with van der Waals surface area (Å²) < 4.78 is 1.83. The minimum absolute atomic E-state index is 0.430. The molecule has 0 radical (unpaired) electrons. The van der Waals surface area contributed by atoms with Gasteiger partial charge in [0.1, 0.15) is 0 Å². The second-order valence-corrected chi connectivity index (χ2v) is 4.00. The maximum absolute atomic E-state index is 8.70. The van der Waals surface area contributed by atoms with Gasteiger partial charge in [-0.2, -0.15) is 10.4 Å². The van der Waals surface area contributed by atoms with Gasteiger partial charge in [-0.15, -0.1) is 0 Å². The van der Waals surface area contributed by atoms with E-state index in [4.69, 9.17) is 5.26 Å². The molecule has 0 amide bonds. The van der Waals surface area contributed by atoms with Gasteiger partial charge < -0.3 is 0 Å². The molecule has 0 fully saturated rings. The SMILES string of the molecule is CC(C)c1ccn(-c2ccc(C#N)cc2)n1. The molecule has 2 aromatic rings. The molecular weight excluding hydrogens is 198 g/mol. The lowest BCUT2D eigenvalue weighted by atomic mass is 10.1. The van der Waals surface area contributed by atoms with Gasteiger partial charge in [0, 0.05) is 6.20 Å². The van der Waals surface area contributed by atoms with Gasteiger partial charge >= 0.3 is 0 Å². The first-order valence-corrected chi connectivity index (χ1v) is 5.27. The molecule has 0 aliphatic rings. The summed E-state index contributed by atoms with van der Waals surface area (Å²) >= 11 is 0. The summed E-state index contributed by atoms with van der Waals surface area (Å²) in [7, 11) is 0. The summed E-state index contributed by atoms with van der Waals surface area (Å²) in [5, 5.41) is 13.2. The average Bonchev–Trinajstić information content (AvgIpc) is 2.78. The molecular formula is C13H13N3. The Bertz CT molecular complexity index is 515. The zero-order valence-electron chi connectivity index (χ0n) is 9.38. The zero-order chi connectivity index (χ0) is 11.5. The fourth-order valence-electron chi connectivity index (χ4n) is 1.48. The van der Waals surface area contributed by atoms with Crippen LogP contribution >= 0.6 is 0 Å². The fraction of sp³-hybridized carbons (Fsp3) is 0.231. The van der Waals surface area contributed by atoms with Crippen LogP contribution < -0.4 is 0 Å². The van der Waals surface area contributed by atoms with Crippen molar-refractivity contribution in [1.82, 2.24) is 9.78 Å². The smallest absolute Gasteiger partial charge is 0.0991 e. The number of benzene rings is 1. The van der Waals surface area contributed by atoms with E-state index >= 15 is 0 Å². The molecule has 1 heterocycles. The normalized spacial score (nSPS) is 10.4. The van der Waals surface area contributed by atoms with Crippen LogP contribution in [0.15, 0.2) is 36.5 Å². The van der Waals surface area contributed by atoms with Crippen LogP contribution in [0.4, 0.5) is 0 Å². The van der Waals surface area contributed by atoms with Crippen molar-refractivity contribution in [2.75, 3.05) is 0 Å². The molecule has 1 aromatic carbocycles. The van der Waals surface area contributed by atoms with E-state index in [1.807, 2.05) is 29.1 Å². The molecule has 0 aliphatic heterocycles. The summed E-state index contributed by atoms with van der Waals surface area (Å²) in [5.41, 5.74) is 2.72. The summed E-state index contributed by atoms with van der Waals surface area (Å²) in [6, 6.07) is 11.5. The van der Waals surface area contributed by atoms with E-state index in [2.05, 4.69) is 25.0 Å². The van der Waals surface area contributed by atoms with Crippen LogP contribution in [0.1, 0.15) is 31.0 Å². The number of rotatable bonds is 2. The van der Waals surface area contributed by atoms with Crippen molar-refractivity contribution in [3.05, 3.63) is 47.8 Å². The van der Waals surface area contributed by atoms with Gasteiger partial charge in [-0.05, 0) is 36.2 Å². The standard InChI is InChI=1S/C13H13N3/c1-10(2)13-7-8-16(15-13)12-5-3-11(9-14)4-6-12/h3-8,10H,1-2H3. The molecule has 0 saturated heterocycles. The molecule has 0 unspecified atom stereocenters. The van der Waals surface area contributed by atoms with Crippen LogP contribution in [0.5, 0.6) is 0 Å². The van der Waals surface area contributed by atoms with Crippen molar-refractivity contribution in [3.63, 3.8) is 0 Å². The van der Waals surface area contributed by atoms with Crippen molar-refractivity contribution >= 4 is 0 Å². The Morgan fingerprint density at radius 2 is 1.88 bits per heavy atom. The van der Waals surface area contributed by atoms with Crippen LogP contribution in [0, 0.1) is 11.3 Å². The van der Waals surface area contributed by atoms with E-state index in [1.54, 1.807) is 12.1 Å². The van der Waals surface area contributed by atoms with Crippen LogP contribution in [-0.2, 0) is 0 Å². The minimum atomic E-state index is 0.430. The molecule has 3 heteroatoms. The Balaban J connectivity index is 2.32. The van der Waals surface area contributed by atoms with Gasteiger partial charge in [0.2, 0.25) is 0 Å².